The van der Waals surface area contributed by atoms with Crippen LogP contribution in [0.2, 0.25) is 0 Å². The number of nitrogens with zero attached hydrogens (tertiary/aromatic N) is 2. The van der Waals surface area contributed by atoms with E-state index in [0.717, 1.165) is 30.4 Å². The maximum atomic E-state index is 4.45. The third kappa shape index (κ3) is 4.45. The topological polar surface area (TPSA) is 49.8 Å². The van der Waals surface area contributed by atoms with Gasteiger partial charge in [-0.25, -0.2) is 9.97 Å². The second-order valence-electron chi connectivity index (χ2n) is 5.42. The summed E-state index contributed by atoms with van der Waals surface area (Å²) in [6, 6.07) is 10.8. The highest BCUT2D eigenvalue weighted by molar-refractivity contribution is 5.48. The van der Waals surface area contributed by atoms with Gasteiger partial charge >= 0.3 is 0 Å². The van der Waals surface area contributed by atoms with Gasteiger partial charge in [-0.1, -0.05) is 31.2 Å². The molecule has 0 aliphatic heterocycles. The number of anilines is 2. The van der Waals surface area contributed by atoms with E-state index < -0.39 is 0 Å². The lowest BCUT2D eigenvalue weighted by molar-refractivity contribution is 0.757. The maximum Gasteiger partial charge on any atom is 0.132 e. The second kappa shape index (κ2) is 7.07. The smallest absolute Gasteiger partial charge is 0.132 e. The summed E-state index contributed by atoms with van der Waals surface area (Å²) in [6.45, 7) is 9.12. The Morgan fingerprint density at radius 2 is 1.81 bits per heavy atom. The van der Waals surface area contributed by atoms with Gasteiger partial charge in [-0.05, 0) is 38.3 Å². The molecule has 0 aliphatic rings. The van der Waals surface area contributed by atoms with Crippen molar-refractivity contribution in [2.45, 2.75) is 46.7 Å². The van der Waals surface area contributed by atoms with Gasteiger partial charge in [0, 0.05) is 18.7 Å². The van der Waals surface area contributed by atoms with Gasteiger partial charge in [0.25, 0.3) is 0 Å². The molecule has 2 rings (SSSR count). The molecule has 0 amide bonds. The van der Waals surface area contributed by atoms with Crippen LogP contribution >= 0.6 is 0 Å². The van der Waals surface area contributed by atoms with E-state index >= 15 is 0 Å². The molecule has 0 saturated carbocycles. The van der Waals surface area contributed by atoms with Crippen LogP contribution in [0.5, 0.6) is 0 Å². The molecule has 1 heterocycles. The van der Waals surface area contributed by atoms with Crippen LogP contribution in [0.3, 0.4) is 0 Å². The van der Waals surface area contributed by atoms with Crippen LogP contribution in [0, 0.1) is 13.8 Å². The van der Waals surface area contributed by atoms with Gasteiger partial charge < -0.3 is 10.6 Å². The van der Waals surface area contributed by atoms with Gasteiger partial charge in [0.2, 0.25) is 0 Å². The van der Waals surface area contributed by atoms with Crippen LogP contribution in [-0.2, 0) is 6.54 Å². The number of nitrogens with one attached hydrogen (secondary N) is 2. The molecule has 0 fully saturated rings. The largest absolute Gasteiger partial charge is 0.367 e. The third-order valence-corrected chi connectivity index (χ3v) is 3.57. The van der Waals surface area contributed by atoms with Crippen molar-refractivity contribution in [3.63, 3.8) is 0 Å². The Hall–Kier alpha value is -2.10. The average Bonchev–Trinajstić information content (AvgIpc) is 2.45. The first kappa shape index (κ1) is 15.3. The van der Waals surface area contributed by atoms with Crippen molar-refractivity contribution in [1.82, 2.24) is 9.97 Å². The molecule has 4 heteroatoms. The Morgan fingerprint density at radius 3 is 2.52 bits per heavy atom. The lowest BCUT2D eigenvalue weighted by atomic mass is 10.1. The third-order valence-electron chi connectivity index (χ3n) is 3.57. The summed E-state index contributed by atoms with van der Waals surface area (Å²) in [7, 11) is 0. The van der Waals surface area contributed by atoms with Gasteiger partial charge in [-0.2, -0.15) is 0 Å². The van der Waals surface area contributed by atoms with Gasteiger partial charge in [0.1, 0.15) is 17.5 Å². The number of benzene rings is 1. The minimum absolute atomic E-state index is 0.406. The summed E-state index contributed by atoms with van der Waals surface area (Å²) < 4.78 is 0. The second-order valence-corrected chi connectivity index (χ2v) is 5.42. The summed E-state index contributed by atoms with van der Waals surface area (Å²) >= 11 is 0. The fourth-order valence-electron chi connectivity index (χ4n) is 2.08. The molecule has 1 atom stereocenters. The van der Waals surface area contributed by atoms with E-state index in [-0.39, 0.29) is 0 Å². The van der Waals surface area contributed by atoms with E-state index in [4.69, 9.17) is 0 Å². The monoisotopic (exact) mass is 284 g/mol. The van der Waals surface area contributed by atoms with E-state index in [2.05, 4.69) is 65.6 Å². The van der Waals surface area contributed by atoms with Crippen LogP contribution in [0.1, 0.15) is 37.2 Å². The highest BCUT2D eigenvalue weighted by Crippen LogP contribution is 2.15. The van der Waals surface area contributed by atoms with Crippen LogP contribution in [-0.4, -0.2) is 16.0 Å². The maximum absolute atomic E-state index is 4.45. The molecule has 4 nitrogen and oxygen atoms in total. The molecule has 1 unspecified atom stereocenters. The van der Waals surface area contributed by atoms with E-state index in [1.54, 1.807) is 0 Å². The molecule has 2 aromatic rings. The Balaban J connectivity index is 2.08. The number of hydrogen-bond acceptors (Lipinski definition) is 4. The van der Waals surface area contributed by atoms with Crippen LogP contribution in [0.15, 0.2) is 30.3 Å². The fraction of sp³-hybridized carbons (Fsp3) is 0.412. The summed E-state index contributed by atoms with van der Waals surface area (Å²) in [5, 5.41) is 6.77. The Morgan fingerprint density at radius 1 is 1.10 bits per heavy atom. The first-order valence-corrected chi connectivity index (χ1v) is 7.49. The summed E-state index contributed by atoms with van der Waals surface area (Å²) in [5.41, 5.74) is 2.57. The summed E-state index contributed by atoms with van der Waals surface area (Å²) in [5.74, 6) is 2.51. The lowest BCUT2D eigenvalue weighted by Crippen LogP contribution is -2.15. The number of aryl methyl sites for hydroxylation is 2. The molecule has 0 saturated heterocycles. The Labute approximate surface area is 127 Å². The zero-order chi connectivity index (χ0) is 15.2. The minimum atomic E-state index is 0.406. The predicted molar refractivity (Wildman–Crippen MR) is 88.7 cm³/mol. The van der Waals surface area contributed by atoms with Crippen molar-refractivity contribution in [2.75, 3.05) is 10.6 Å². The lowest BCUT2D eigenvalue weighted by Gasteiger charge is -2.14. The summed E-state index contributed by atoms with van der Waals surface area (Å²) in [6.07, 6.45) is 1.06. The van der Waals surface area contributed by atoms with Crippen molar-refractivity contribution in [3.05, 3.63) is 47.3 Å². The highest BCUT2D eigenvalue weighted by Gasteiger charge is 2.05. The fourth-order valence-corrected chi connectivity index (χ4v) is 2.08. The molecular formula is C17H24N4. The molecule has 0 aliphatic carbocycles. The molecule has 1 aromatic carbocycles. The summed E-state index contributed by atoms with van der Waals surface area (Å²) in [4.78, 5) is 8.88. The first-order chi connectivity index (χ1) is 10.1. The van der Waals surface area contributed by atoms with Gasteiger partial charge in [0.15, 0.2) is 0 Å². The van der Waals surface area contributed by atoms with E-state index in [1.165, 1.54) is 11.1 Å². The molecule has 0 spiro atoms. The van der Waals surface area contributed by atoms with Crippen molar-refractivity contribution < 1.29 is 0 Å². The minimum Gasteiger partial charge on any atom is -0.367 e. The zero-order valence-corrected chi connectivity index (χ0v) is 13.3. The van der Waals surface area contributed by atoms with Crippen molar-refractivity contribution in [3.8, 4) is 0 Å². The van der Waals surface area contributed by atoms with Gasteiger partial charge in [0.05, 0.1) is 0 Å². The number of hydrogen-bond donors (Lipinski definition) is 2. The highest BCUT2D eigenvalue weighted by atomic mass is 15.1. The molecule has 112 valence electrons. The Kier molecular flexibility index (Phi) is 5.14. The Bertz CT molecular complexity index is 595. The number of aromatic nitrogens is 2. The zero-order valence-electron chi connectivity index (χ0n) is 13.3. The average molecular weight is 284 g/mol. The van der Waals surface area contributed by atoms with Crippen LogP contribution in [0.4, 0.5) is 11.6 Å². The number of rotatable bonds is 6. The van der Waals surface area contributed by atoms with Crippen LogP contribution in [0.25, 0.3) is 0 Å². The van der Waals surface area contributed by atoms with Gasteiger partial charge in [-0.3, -0.25) is 0 Å². The van der Waals surface area contributed by atoms with Crippen molar-refractivity contribution in [2.24, 2.45) is 0 Å². The standard InChI is InChI=1S/C17H24N4/c1-5-13(3)19-17-10-16(20-14(4)21-17)18-11-15-9-7-6-8-12(15)2/h6-10,13H,5,11H2,1-4H3,(H2,18,19,20,21). The molecule has 21 heavy (non-hydrogen) atoms. The van der Waals surface area contributed by atoms with Gasteiger partial charge in [-0.15, -0.1) is 0 Å². The first-order valence-electron chi connectivity index (χ1n) is 7.49. The van der Waals surface area contributed by atoms with Crippen molar-refractivity contribution >= 4 is 11.6 Å². The molecule has 2 N–H and O–H groups in total. The van der Waals surface area contributed by atoms with E-state index in [9.17, 15) is 0 Å². The molecule has 0 radical (unpaired) electrons. The molecule has 0 bridgehead atoms. The van der Waals surface area contributed by atoms with E-state index in [0.29, 0.717) is 6.04 Å². The SMILES string of the molecule is CCC(C)Nc1cc(NCc2ccccc2C)nc(C)n1. The predicted octanol–water partition coefficient (Wildman–Crippen LogP) is 3.92. The quantitative estimate of drug-likeness (QED) is 0.844. The normalized spacial score (nSPS) is 12.0. The van der Waals surface area contributed by atoms with E-state index in [1.807, 2.05) is 13.0 Å². The van der Waals surface area contributed by atoms with Crippen molar-refractivity contribution in [1.29, 1.82) is 0 Å². The van der Waals surface area contributed by atoms with Crippen LogP contribution < -0.4 is 10.6 Å². The molecular weight excluding hydrogens is 260 g/mol. The molecule has 1 aromatic heterocycles.